The molecule has 96 valence electrons. The monoisotopic (exact) mass is 328 g/mol. The number of nitrogens with one attached hydrogen (secondary N) is 1. The van der Waals surface area contributed by atoms with Gasteiger partial charge in [0.2, 0.25) is 0 Å². The van der Waals surface area contributed by atoms with Gasteiger partial charge in [-0.3, -0.25) is 5.10 Å². The molecule has 1 heterocycles. The van der Waals surface area contributed by atoms with E-state index in [2.05, 4.69) is 31.1 Å². The van der Waals surface area contributed by atoms with Crippen LogP contribution in [0.15, 0.2) is 22.7 Å². The highest BCUT2D eigenvalue weighted by Crippen LogP contribution is 2.23. The summed E-state index contributed by atoms with van der Waals surface area (Å²) in [6, 6.07) is 5.84. The van der Waals surface area contributed by atoms with Gasteiger partial charge in [-0.05, 0) is 46.6 Å². The topological polar surface area (TPSA) is 67.6 Å². The second kappa shape index (κ2) is 6.31. The molecule has 0 saturated heterocycles. The second-order valence-corrected chi connectivity index (χ2v) is 5.28. The van der Waals surface area contributed by atoms with E-state index < -0.39 is 0 Å². The van der Waals surface area contributed by atoms with Crippen LogP contribution in [0.4, 0.5) is 0 Å². The van der Waals surface area contributed by atoms with Crippen molar-refractivity contribution in [3.05, 3.63) is 44.9 Å². The third-order valence-corrected chi connectivity index (χ3v) is 3.75. The van der Waals surface area contributed by atoms with Crippen molar-refractivity contribution in [2.24, 2.45) is 5.73 Å². The van der Waals surface area contributed by atoms with Crippen molar-refractivity contribution < 1.29 is 0 Å². The van der Waals surface area contributed by atoms with Gasteiger partial charge in [0.25, 0.3) is 0 Å². The summed E-state index contributed by atoms with van der Waals surface area (Å²) in [4.78, 5) is 4.42. The van der Waals surface area contributed by atoms with Crippen LogP contribution in [-0.2, 0) is 12.8 Å². The van der Waals surface area contributed by atoms with Gasteiger partial charge in [-0.15, -0.1) is 0 Å². The number of aryl methyl sites for hydroxylation is 1. The molecule has 0 spiro atoms. The highest BCUT2D eigenvalue weighted by molar-refractivity contribution is 9.10. The summed E-state index contributed by atoms with van der Waals surface area (Å²) in [6.07, 6.45) is 2.44. The van der Waals surface area contributed by atoms with Crippen LogP contribution in [-0.4, -0.2) is 21.7 Å². The number of hydrogen-bond donors (Lipinski definition) is 2. The summed E-state index contributed by atoms with van der Waals surface area (Å²) in [5.41, 5.74) is 6.59. The first-order valence-electron chi connectivity index (χ1n) is 5.73. The predicted octanol–water partition coefficient (Wildman–Crippen LogP) is 2.70. The van der Waals surface area contributed by atoms with Crippen molar-refractivity contribution >= 4 is 27.5 Å². The minimum atomic E-state index is 0.661. The van der Waals surface area contributed by atoms with Crippen LogP contribution in [0, 0.1) is 0 Å². The Morgan fingerprint density at radius 1 is 1.39 bits per heavy atom. The molecular weight excluding hydrogens is 316 g/mol. The van der Waals surface area contributed by atoms with E-state index in [9.17, 15) is 0 Å². The third kappa shape index (κ3) is 3.54. The van der Waals surface area contributed by atoms with Crippen LogP contribution in [0.5, 0.6) is 0 Å². The SMILES string of the molecule is NCCCc1n[nH]c(Cc2ccc(Cl)c(Br)c2)n1. The van der Waals surface area contributed by atoms with Crippen molar-refractivity contribution in [1.29, 1.82) is 0 Å². The molecular formula is C12H14BrClN4. The fourth-order valence-electron chi connectivity index (χ4n) is 1.63. The zero-order chi connectivity index (χ0) is 13.0. The van der Waals surface area contributed by atoms with Crippen LogP contribution in [0.3, 0.4) is 0 Å². The first kappa shape index (κ1) is 13.5. The lowest BCUT2D eigenvalue weighted by Gasteiger charge is -2.00. The van der Waals surface area contributed by atoms with E-state index in [1.165, 1.54) is 0 Å². The Bertz CT molecular complexity index is 527. The predicted molar refractivity (Wildman–Crippen MR) is 75.7 cm³/mol. The molecule has 0 bridgehead atoms. The third-order valence-electron chi connectivity index (χ3n) is 2.54. The quantitative estimate of drug-likeness (QED) is 0.886. The number of hydrogen-bond acceptors (Lipinski definition) is 3. The second-order valence-electron chi connectivity index (χ2n) is 4.02. The number of halogens is 2. The standard InChI is InChI=1S/C12H14BrClN4/c13-9-6-8(3-4-10(9)14)7-12-16-11(17-18-12)2-1-5-15/h3-4,6H,1-2,5,7,15H2,(H,16,17,18). The van der Waals surface area contributed by atoms with Crippen molar-refractivity contribution in [2.45, 2.75) is 19.3 Å². The van der Waals surface area contributed by atoms with E-state index in [4.69, 9.17) is 17.3 Å². The molecule has 1 aromatic heterocycles. The molecule has 0 amide bonds. The minimum absolute atomic E-state index is 0.661. The summed E-state index contributed by atoms with van der Waals surface area (Å²) in [7, 11) is 0. The molecule has 18 heavy (non-hydrogen) atoms. The molecule has 0 aliphatic rings. The van der Waals surface area contributed by atoms with Crippen LogP contribution in [0.2, 0.25) is 5.02 Å². The normalized spacial score (nSPS) is 10.8. The summed E-state index contributed by atoms with van der Waals surface area (Å²) >= 11 is 9.36. The maximum absolute atomic E-state index is 5.95. The van der Waals surface area contributed by atoms with Crippen molar-refractivity contribution in [1.82, 2.24) is 15.2 Å². The number of rotatable bonds is 5. The molecule has 2 rings (SSSR count). The zero-order valence-corrected chi connectivity index (χ0v) is 12.1. The van der Waals surface area contributed by atoms with Crippen molar-refractivity contribution in [3.8, 4) is 0 Å². The van der Waals surface area contributed by atoms with E-state index >= 15 is 0 Å². The Balaban J connectivity index is 2.04. The molecule has 0 aliphatic heterocycles. The fraction of sp³-hybridized carbons (Fsp3) is 0.333. The fourth-order valence-corrected chi connectivity index (χ4v) is 2.17. The van der Waals surface area contributed by atoms with Crippen LogP contribution >= 0.6 is 27.5 Å². The van der Waals surface area contributed by atoms with Gasteiger partial charge in [0.05, 0.1) is 5.02 Å². The molecule has 3 N–H and O–H groups in total. The molecule has 0 aliphatic carbocycles. The summed E-state index contributed by atoms with van der Waals surface area (Å²) in [5, 5.41) is 7.82. The Morgan fingerprint density at radius 2 is 2.22 bits per heavy atom. The lowest BCUT2D eigenvalue weighted by molar-refractivity contribution is 0.785. The summed E-state index contributed by atoms with van der Waals surface area (Å²) in [5.74, 6) is 1.68. The first-order valence-corrected chi connectivity index (χ1v) is 6.90. The van der Waals surface area contributed by atoms with E-state index in [-0.39, 0.29) is 0 Å². The Labute approximate surface area is 119 Å². The van der Waals surface area contributed by atoms with Gasteiger partial charge in [0.1, 0.15) is 5.82 Å². The number of aromatic amines is 1. The van der Waals surface area contributed by atoms with E-state index in [1.54, 1.807) is 0 Å². The van der Waals surface area contributed by atoms with E-state index in [1.807, 2.05) is 18.2 Å². The Morgan fingerprint density at radius 3 is 2.94 bits per heavy atom. The molecule has 2 aromatic rings. The molecule has 0 fully saturated rings. The molecule has 0 unspecified atom stereocenters. The van der Waals surface area contributed by atoms with Crippen molar-refractivity contribution in [2.75, 3.05) is 6.54 Å². The summed E-state index contributed by atoms with van der Waals surface area (Å²) in [6.45, 7) is 0.661. The maximum Gasteiger partial charge on any atom is 0.150 e. The molecule has 6 heteroatoms. The van der Waals surface area contributed by atoms with Crippen LogP contribution < -0.4 is 5.73 Å². The average molecular weight is 330 g/mol. The number of nitrogens with two attached hydrogens (primary N) is 1. The highest BCUT2D eigenvalue weighted by atomic mass is 79.9. The van der Waals surface area contributed by atoms with Gasteiger partial charge >= 0.3 is 0 Å². The van der Waals surface area contributed by atoms with Gasteiger partial charge in [-0.2, -0.15) is 5.10 Å². The number of aromatic nitrogens is 3. The molecule has 0 saturated carbocycles. The van der Waals surface area contributed by atoms with E-state index in [0.29, 0.717) is 18.0 Å². The molecule has 0 radical (unpaired) electrons. The largest absolute Gasteiger partial charge is 0.330 e. The number of nitrogens with zero attached hydrogens (tertiary/aromatic N) is 2. The molecule has 1 aromatic carbocycles. The van der Waals surface area contributed by atoms with Gasteiger partial charge in [0.15, 0.2) is 5.82 Å². The lowest BCUT2D eigenvalue weighted by atomic mass is 10.1. The average Bonchev–Trinajstić information content (AvgIpc) is 2.79. The lowest BCUT2D eigenvalue weighted by Crippen LogP contribution is -2.01. The summed E-state index contributed by atoms with van der Waals surface area (Å²) < 4.78 is 0.893. The zero-order valence-electron chi connectivity index (χ0n) is 9.79. The van der Waals surface area contributed by atoms with Gasteiger partial charge in [-0.25, -0.2) is 4.98 Å². The maximum atomic E-state index is 5.95. The number of H-pyrrole nitrogens is 1. The molecule has 0 atom stereocenters. The molecule has 4 nitrogen and oxygen atoms in total. The van der Waals surface area contributed by atoms with Gasteiger partial charge in [-0.1, -0.05) is 17.7 Å². The van der Waals surface area contributed by atoms with Gasteiger partial charge in [0, 0.05) is 17.3 Å². The first-order chi connectivity index (χ1) is 8.69. The smallest absolute Gasteiger partial charge is 0.150 e. The minimum Gasteiger partial charge on any atom is -0.330 e. The Hall–Kier alpha value is -0.910. The van der Waals surface area contributed by atoms with Gasteiger partial charge < -0.3 is 5.73 Å². The van der Waals surface area contributed by atoms with Crippen LogP contribution in [0.25, 0.3) is 0 Å². The Kier molecular flexibility index (Phi) is 4.74. The van der Waals surface area contributed by atoms with E-state index in [0.717, 1.165) is 34.5 Å². The van der Waals surface area contributed by atoms with Crippen LogP contribution in [0.1, 0.15) is 23.6 Å². The van der Waals surface area contributed by atoms with Crippen molar-refractivity contribution in [3.63, 3.8) is 0 Å². The number of benzene rings is 1. The highest BCUT2D eigenvalue weighted by Gasteiger charge is 2.05.